The molecule has 1 fully saturated rings. The summed E-state index contributed by atoms with van der Waals surface area (Å²) in [7, 11) is 0. The highest BCUT2D eigenvalue weighted by Gasteiger charge is 2.22. The van der Waals surface area contributed by atoms with Crippen LogP contribution in [0.3, 0.4) is 0 Å². The molecule has 25 heavy (non-hydrogen) atoms. The SMILES string of the molecule is Cc1csc2ncnc(N3CCN(C(=S)Nc4cccnc4)CC3)c12. The molecule has 1 saturated heterocycles. The highest BCUT2D eigenvalue weighted by molar-refractivity contribution is 7.80. The third-order valence-corrected chi connectivity index (χ3v) is 5.68. The van der Waals surface area contributed by atoms with Crippen LogP contribution in [0.2, 0.25) is 0 Å². The average Bonchev–Trinajstić information content (AvgIpc) is 3.04. The standard InChI is InChI=1S/C17H18N6S2/c1-12-10-25-16-14(12)15(19-11-20-16)22-5-7-23(8-6-22)17(24)21-13-3-2-4-18-9-13/h2-4,9-11H,5-8H2,1H3,(H,21,24). The molecule has 0 saturated carbocycles. The first kappa shape index (κ1) is 16.2. The van der Waals surface area contributed by atoms with E-state index in [1.165, 1.54) is 10.9 Å². The van der Waals surface area contributed by atoms with E-state index in [0.29, 0.717) is 0 Å². The van der Waals surface area contributed by atoms with Gasteiger partial charge in [-0.15, -0.1) is 11.3 Å². The van der Waals surface area contributed by atoms with Crippen LogP contribution in [-0.4, -0.2) is 51.1 Å². The summed E-state index contributed by atoms with van der Waals surface area (Å²) in [6, 6.07) is 3.86. The first-order valence-electron chi connectivity index (χ1n) is 8.12. The molecule has 0 amide bonds. The summed E-state index contributed by atoms with van der Waals surface area (Å²) in [5.41, 5.74) is 2.16. The largest absolute Gasteiger partial charge is 0.352 e. The summed E-state index contributed by atoms with van der Waals surface area (Å²) in [5, 5.41) is 7.32. The molecule has 0 aliphatic carbocycles. The smallest absolute Gasteiger partial charge is 0.173 e. The first-order valence-corrected chi connectivity index (χ1v) is 9.41. The van der Waals surface area contributed by atoms with Crippen LogP contribution in [0.15, 0.2) is 36.2 Å². The van der Waals surface area contributed by atoms with E-state index in [1.807, 2.05) is 12.1 Å². The zero-order valence-corrected chi connectivity index (χ0v) is 15.5. The molecular weight excluding hydrogens is 352 g/mol. The van der Waals surface area contributed by atoms with Crippen molar-refractivity contribution in [3.05, 3.63) is 41.8 Å². The number of fused-ring (bicyclic) bond motifs is 1. The van der Waals surface area contributed by atoms with Crippen LogP contribution in [-0.2, 0) is 0 Å². The van der Waals surface area contributed by atoms with Crippen molar-refractivity contribution >= 4 is 50.4 Å². The highest BCUT2D eigenvalue weighted by atomic mass is 32.1. The van der Waals surface area contributed by atoms with E-state index in [4.69, 9.17) is 12.2 Å². The van der Waals surface area contributed by atoms with Crippen molar-refractivity contribution in [3.63, 3.8) is 0 Å². The summed E-state index contributed by atoms with van der Waals surface area (Å²) < 4.78 is 0. The monoisotopic (exact) mass is 370 g/mol. The number of thiophene rings is 1. The summed E-state index contributed by atoms with van der Waals surface area (Å²) in [5.74, 6) is 1.04. The molecule has 1 N–H and O–H groups in total. The van der Waals surface area contributed by atoms with Gasteiger partial charge in [-0.2, -0.15) is 0 Å². The van der Waals surface area contributed by atoms with Crippen LogP contribution in [0.1, 0.15) is 5.56 Å². The van der Waals surface area contributed by atoms with E-state index < -0.39 is 0 Å². The summed E-state index contributed by atoms with van der Waals surface area (Å²) in [4.78, 5) is 18.6. The summed E-state index contributed by atoms with van der Waals surface area (Å²) in [6.07, 6.45) is 5.19. The van der Waals surface area contributed by atoms with Crippen molar-refractivity contribution < 1.29 is 0 Å². The molecule has 6 nitrogen and oxygen atoms in total. The van der Waals surface area contributed by atoms with Gasteiger partial charge in [0.1, 0.15) is 17.0 Å². The number of aromatic nitrogens is 3. The fraction of sp³-hybridized carbons (Fsp3) is 0.294. The van der Waals surface area contributed by atoms with Crippen LogP contribution in [0.5, 0.6) is 0 Å². The van der Waals surface area contributed by atoms with Gasteiger partial charge in [-0.1, -0.05) is 0 Å². The van der Waals surface area contributed by atoms with Crippen molar-refractivity contribution in [2.75, 3.05) is 36.4 Å². The maximum Gasteiger partial charge on any atom is 0.173 e. The molecule has 0 radical (unpaired) electrons. The fourth-order valence-corrected chi connectivity index (χ4v) is 4.18. The molecule has 0 aromatic carbocycles. The molecule has 128 valence electrons. The number of rotatable bonds is 2. The quantitative estimate of drug-likeness (QED) is 0.696. The van der Waals surface area contributed by atoms with E-state index >= 15 is 0 Å². The highest BCUT2D eigenvalue weighted by Crippen LogP contribution is 2.31. The first-order chi connectivity index (χ1) is 12.2. The molecule has 0 spiro atoms. The van der Waals surface area contributed by atoms with Gasteiger partial charge in [0.15, 0.2) is 5.11 Å². The Bertz CT molecular complexity index is 887. The van der Waals surface area contributed by atoms with Crippen molar-refractivity contribution in [2.24, 2.45) is 0 Å². The average molecular weight is 371 g/mol. The molecule has 1 aliphatic rings. The molecule has 4 rings (SSSR count). The molecule has 4 heterocycles. The van der Waals surface area contributed by atoms with Crippen LogP contribution >= 0.6 is 23.6 Å². The van der Waals surface area contributed by atoms with E-state index in [1.54, 1.807) is 30.1 Å². The van der Waals surface area contributed by atoms with Crippen molar-refractivity contribution in [1.29, 1.82) is 0 Å². The Balaban J connectivity index is 1.44. The lowest BCUT2D eigenvalue weighted by molar-refractivity contribution is 0.390. The van der Waals surface area contributed by atoms with Crippen molar-refractivity contribution in [3.8, 4) is 0 Å². The molecule has 3 aromatic rings. The van der Waals surface area contributed by atoms with Crippen LogP contribution in [0.4, 0.5) is 11.5 Å². The Morgan fingerprint density at radius 3 is 2.84 bits per heavy atom. The van der Waals surface area contributed by atoms with E-state index in [2.05, 4.69) is 42.4 Å². The van der Waals surface area contributed by atoms with Gasteiger partial charge in [0.05, 0.1) is 17.3 Å². The minimum absolute atomic E-state index is 0.743. The van der Waals surface area contributed by atoms with Gasteiger partial charge in [-0.25, -0.2) is 9.97 Å². The number of pyridine rings is 1. The van der Waals surface area contributed by atoms with Crippen molar-refractivity contribution in [1.82, 2.24) is 19.9 Å². The third-order valence-electron chi connectivity index (χ3n) is 4.31. The fourth-order valence-electron chi connectivity index (χ4n) is 3.00. The van der Waals surface area contributed by atoms with Gasteiger partial charge >= 0.3 is 0 Å². The summed E-state index contributed by atoms with van der Waals surface area (Å²) in [6.45, 7) is 5.61. The van der Waals surface area contributed by atoms with Gasteiger partial charge in [0, 0.05) is 32.4 Å². The number of thiocarbonyl (C=S) groups is 1. The molecule has 3 aromatic heterocycles. The number of nitrogens with zero attached hydrogens (tertiary/aromatic N) is 5. The third kappa shape index (κ3) is 3.27. The minimum atomic E-state index is 0.743. The lowest BCUT2D eigenvalue weighted by Gasteiger charge is -2.37. The molecule has 1 aliphatic heterocycles. The van der Waals surface area contributed by atoms with Gasteiger partial charge in [0.25, 0.3) is 0 Å². The molecule has 8 heteroatoms. The van der Waals surface area contributed by atoms with Crippen LogP contribution in [0, 0.1) is 6.92 Å². The van der Waals surface area contributed by atoms with Crippen molar-refractivity contribution in [2.45, 2.75) is 6.92 Å². The molecular formula is C17H18N6S2. The van der Waals surface area contributed by atoms with E-state index in [0.717, 1.165) is 47.6 Å². The van der Waals surface area contributed by atoms with Gasteiger partial charge in [0.2, 0.25) is 0 Å². The number of hydrogen-bond acceptors (Lipinski definition) is 6. The molecule has 0 unspecified atom stereocenters. The number of piperazine rings is 1. The maximum absolute atomic E-state index is 5.54. The van der Waals surface area contributed by atoms with Crippen LogP contribution < -0.4 is 10.2 Å². The lowest BCUT2D eigenvalue weighted by Crippen LogP contribution is -2.50. The molecule has 0 bridgehead atoms. The Morgan fingerprint density at radius 2 is 2.08 bits per heavy atom. The number of anilines is 2. The van der Waals surface area contributed by atoms with E-state index in [-0.39, 0.29) is 0 Å². The van der Waals surface area contributed by atoms with Gasteiger partial charge < -0.3 is 15.1 Å². The minimum Gasteiger partial charge on any atom is -0.352 e. The topological polar surface area (TPSA) is 57.2 Å². The second-order valence-electron chi connectivity index (χ2n) is 5.94. The number of nitrogens with one attached hydrogen (secondary N) is 1. The zero-order chi connectivity index (χ0) is 17.2. The Morgan fingerprint density at radius 1 is 1.24 bits per heavy atom. The lowest BCUT2D eigenvalue weighted by atomic mass is 10.2. The van der Waals surface area contributed by atoms with E-state index in [9.17, 15) is 0 Å². The predicted molar refractivity (Wildman–Crippen MR) is 106 cm³/mol. The van der Waals surface area contributed by atoms with Gasteiger partial charge in [-0.05, 0) is 42.2 Å². The Kier molecular flexibility index (Phi) is 4.46. The Hall–Kier alpha value is -2.32. The maximum atomic E-state index is 5.54. The number of hydrogen-bond donors (Lipinski definition) is 1. The Labute approximate surface area is 155 Å². The second-order valence-corrected chi connectivity index (χ2v) is 7.19. The second kappa shape index (κ2) is 6.89. The van der Waals surface area contributed by atoms with Gasteiger partial charge in [-0.3, -0.25) is 4.98 Å². The number of aryl methyl sites for hydroxylation is 1. The van der Waals surface area contributed by atoms with Crippen LogP contribution in [0.25, 0.3) is 10.2 Å². The zero-order valence-electron chi connectivity index (χ0n) is 13.8. The normalized spacial score (nSPS) is 14.8. The predicted octanol–water partition coefficient (Wildman–Crippen LogP) is 2.91. The summed E-state index contributed by atoms with van der Waals surface area (Å²) >= 11 is 7.21. The molecule has 0 atom stereocenters.